The van der Waals surface area contributed by atoms with E-state index in [0.29, 0.717) is 42.8 Å². The topological polar surface area (TPSA) is 89.6 Å². The minimum absolute atomic E-state index is 0.203. The Bertz CT molecular complexity index is 705. The first-order valence-electron chi connectivity index (χ1n) is 11.0. The fraction of sp³-hybridized carbons (Fsp3) is 0.826. The maximum atomic E-state index is 12.6. The number of rotatable bonds is 3. The molecule has 0 bridgehead atoms. The molecule has 0 amide bonds. The second-order valence-electron chi connectivity index (χ2n) is 10.3. The Balaban J connectivity index is 1.59. The summed E-state index contributed by atoms with van der Waals surface area (Å²) in [6.07, 6.45) is 6.17. The minimum Gasteiger partial charge on any atom is -0.462 e. The lowest BCUT2D eigenvalue weighted by atomic mass is 9.42. The van der Waals surface area contributed by atoms with Crippen molar-refractivity contribution >= 4 is 11.8 Å². The highest BCUT2D eigenvalue weighted by Crippen LogP contribution is 2.67. The lowest BCUT2D eigenvalue weighted by Crippen LogP contribution is -2.63. The molecule has 5 heteroatoms. The molecule has 5 nitrogen and oxygen atoms in total. The summed E-state index contributed by atoms with van der Waals surface area (Å²) in [7, 11) is 0. The van der Waals surface area contributed by atoms with Crippen molar-refractivity contribution in [3.8, 4) is 0 Å². The zero-order chi connectivity index (χ0) is 20.3. The normalized spacial score (nSPS) is 47.9. The average molecular weight is 390 g/mol. The molecule has 28 heavy (non-hydrogen) atoms. The first-order valence-corrected chi connectivity index (χ1v) is 11.0. The second kappa shape index (κ2) is 6.66. The van der Waals surface area contributed by atoms with Crippen molar-refractivity contribution in [2.24, 2.45) is 34.3 Å². The lowest BCUT2D eigenvalue weighted by Gasteiger charge is -2.64. The Labute approximate surface area is 168 Å². The first kappa shape index (κ1) is 20.1. The van der Waals surface area contributed by atoms with Crippen molar-refractivity contribution in [1.29, 1.82) is 0 Å². The van der Waals surface area contributed by atoms with Gasteiger partial charge in [-0.05, 0) is 56.3 Å². The number of fused-ring (bicyclic) bond motifs is 5. The number of Topliss-reactive ketones (excluding diaryl/α,β-unsaturated/α-hetero) is 1. The summed E-state index contributed by atoms with van der Waals surface area (Å²) < 4.78 is 5.61. The van der Waals surface area contributed by atoms with Crippen LogP contribution in [-0.2, 0) is 14.3 Å². The fourth-order valence-electron chi connectivity index (χ4n) is 7.36. The van der Waals surface area contributed by atoms with Gasteiger partial charge in [0.05, 0.1) is 12.0 Å². The van der Waals surface area contributed by atoms with Gasteiger partial charge in [0.15, 0.2) is 0 Å². The van der Waals surface area contributed by atoms with E-state index in [2.05, 4.69) is 20.4 Å². The molecule has 4 fully saturated rings. The number of hydrogen-bond acceptors (Lipinski definition) is 5. The van der Waals surface area contributed by atoms with Gasteiger partial charge in [-0.3, -0.25) is 9.59 Å². The van der Waals surface area contributed by atoms with Crippen LogP contribution in [0.15, 0.2) is 12.2 Å². The maximum absolute atomic E-state index is 12.6. The Hall–Kier alpha value is -1.20. The number of aliphatic hydroxyl groups is 1. The molecule has 0 aromatic heterocycles. The van der Waals surface area contributed by atoms with Crippen LogP contribution >= 0.6 is 0 Å². The minimum atomic E-state index is -0.895. The zero-order valence-corrected chi connectivity index (χ0v) is 17.3. The van der Waals surface area contributed by atoms with Crippen LogP contribution in [0.5, 0.6) is 0 Å². The molecule has 4 saturated carbocycles. The number of nitrogens with two attached hydrogens (primary N) is 1. The summed E-state index contributed by atoms with van der Waals surface area (Å²) in [5, 5.41) is 11.8. The van der Waals surface area contributed by atoms with Crippen LogP contribution < -0.4 is 5.73 Å². The van der Waals surface area contributed by atoms with Crippen LogP contribution in [-0.4, -0.2) is 35.1 Å². The molecule has 0 heterocycles. The molecule has 156 valence electrons. The van der Waals surface area contributed by atoms with Crippen LogP contribution in [0, 0.1) is 28.6 Å². The number of ketones is 1. The van der Waals surface area contributed by atoms with Gasteiger partial charge in [0, 0.05) is 30.2 Å². The first-order chi connectivity index (χ1) is 13.1. The molecule has 4 aliphatic carbocycles. The average Bonchev–Trinajstić information content (AvgIpc) is 2.92. The lowest BCUT2D eigenvalue weighted by molar-refractivity contribution is -0.207. The molecule has 0 aliphatic heterocycles. The van der Waals surface area contributed by atoms with E-state index in [1.54, 1.807) is 0 Å². The third-order valence-electron chi connectivity index (χ3n) is 9.05. The Kier molecular flexibility index (Phi) is 4.78. The van der Waals surface area contributed by atoms with E-state index >= 15 is 0 Å². The Morgan fingerprint density at radius 2 is 2.00 bits per heavy atom. The summed E-state index contributed by atoms with van der Waals surface area (Å²) in [6.45, 7) is 9.08. The quantitative estimate of drug-likeness (QED) is 0.572. The third kappa shape index (κ3) is 2.72. The van der Waals surface area contributed by atoms with Gasteiger partial charge in [0.2, 0.25) is 0 Å². The van der Waals surface area contributed by atoms with Crippen LogP contribution in [0.1, 0.15) is 71.6 Å². The van der Waals surface area contributed by atoms with Crippen molar-refractivity contribution in [2.75, 3.05) is 6.54 Å². The number of carbonyl (C=O) groups excluding carboxylic acids is 2. The van der Waals surface area contributed by atoms with E-state index < -0.39 is 5.60 Å². The van der Waals surface area contributed by atoms with Gasteiger partial charge in [-0.1, -0.05) is 26.0 Å². The Morgan fingerprint density at radius 3 is 2.71 bits per heavy atom. The van der Waals surface area contributed by atoms with Gasteiger partial charge in [-0.2, -0.15) is 0 Å². The van der Waals surface area contributed by atoms with Crippen molar-refractivity contribution in [3.63, 3.8) is 0 Å². The highest BCUT2D eigenvalue weighted by molar-refractivity contribution is 5.87. The van der Waals surface area contributed by atoms with Gasteiger partial charge in [0.25, 0.3) is 0 Å². The number of hydrogen-bond donors (Lipinski definition) is 2. The van der Waals surface area contributed by atoms with E-state index in [-0.39, 0.29) is 35.9 Å². The highest BCUT2D eigenvalue weighted by Gasteiger charge is 2.65. The van der Waals surface area contributed by atoms with E-state index in [9.17, 15) is 14.7 Å². The molecule has 4 aliphatic rings. The van der Waals surface area contributed by atoms with Crippen LogP contribution in [0.2, 0.25) is 0 Å². The van der Waals surface area contributed by atoms with Crippen LogP contribution in [0.3, 0.4) is 0 Å². The summed E-state index contributed by atoms with van der Waals surface area (Å²) in [5.74, 6) is 1.19. The van der Waals surface area contributed by atoms with E-state index in [1.165, 1.54) is 0 Å². The standard InChI is InChI=1S/C23H35NO4/c1-14-12-23(27)13-15(28-19(26)8-11-24)6-10-22(23,3)17-7-9-21(2)16(20(14)17)4-5-18(21)25/h15-17,20,27H,1,4-13,24H2,2-3H3/t15?,16-,17+,20-,21-,22+,23?/m0/s1. The van der Waals surface area contributed by atoms with Crippen molar-refractivity contribution in [1.82, 2.24) is 0 Å². The summed E-state index contributed by atoms with van der Waals surface area (Å²) in [4.78, 5) is 24.5. The van der Waals surface area contributed by atoms with E-state index in [1.807, 2.05) is 0 Å². The molecule has 0 spiro atoms. The van der Waals surface area contributed by atoms with Crippen molar-refractivity contribution in [2.45, 2.75) is 83.3 Å². The highest BCUT2D eigenvalue weighted by atomic mass is 16.5. The molecular weight excluding hydrogens is 354 g/mol. The molecule has 2 unspecified atom stereocenters. The van der Waals surface area contributed by atoms with Crippen LogP contribution in [0.25, 0.3) is 0 Å². The molecule has 0 saturated heterocycles. The summed E-state index contributed by atoms with van der Waals surface area (Å²) in [5.41, 5.74) is 5.24. The molecule has 4 rings (SSSR count). The Morgan fingerprint density at radius 1 is 1.25 bits per heavy atom. The molecule has 0 radical (unpaired) electrons. The largest absolute Gasteiger partial charge is 0.462 e. The van der Waals surface area contributed by atoms with Gasteiger partial charge in [-0.25, -0.2) is 0 Å². The number of esters is 1. The monoisotopic (exact) mass is 389 g/mol. The predicted octanol–water partition coefficient (Wildman–Crippen LogP) is 3.14. The number of carbonyl (C=O) groups is 2. The predicted molar refractivity (Wildman–Crippen MR) is 106 cm³/mol. The molecule has 3 N–H and O–H groups in total. The maximum Gasteiger partial charge on any atom is 0.307 e. The van der Waals surface area contributed by atoms with Crippen molar-refractivity contribution in [3.05, 3.63) is 12.2 Å². The second-order valence-corrected chi connectivity index (χ2v) is 10.3. The zero-order valence-electron chi connectivity index (χ0n) is 17.3. The molecule has 0 aromatic rings. The summed E-state index contributed by atoms with van der Waals surface area (Å²) >= 11 is 0. The van der Waals surface area contributed by atoms with Gasteiger partial charge in [-0.15, -0.1) is 0 Å². The molecule has 7 atom stereocenters. The number of ether oxygens (including phenoxy) is 1. The van der Waals surface area contributed by atoms with Crippen LogP contribution in [0.4, 0.5) is 0 Å². The smallest absolute Gasteiger partial charge is 0.307 e. The third-order valence-corrected chi connectivity index (χ3v) is 9.05. The van der Waals surface area contributed by atoms with Crippen molar-refractivity contribution < 1.29 is 19.4 Å². The van der Waals surface area contributed by atoms with Gasteiger partial charge < -0.3 is 15.6 Å². The van der Waals surface area contributed by atoms with E-state index in [0.717, 1.165) is 37.7 Å². The van der Waals surface area contributed by atoms with E-state index in [4.69, 9.17) is 10.5 Å². The fourth-order valence-corrected chi connectivity index (χ4v) is 7.36. The molecular formula is C23H35NO4. The SMILES string of the molecule is C=C1CC2(O)CC(OC(=O)CCN)CC[C@]2(C)[C@@H]2CC[C@]3(C)C(=O)CC[C@H]3[C@H]12. The van der Waals surface area contributed by atoms with Gasteiger partial charge in [0.1, 0.15) is 11.9 Å². The molecule has 0 aromatic carbocycles. The van der Waals surface area contributed by atoms with Gasteiger partial charge >= 0.3 is 5.97 Å². The summed E-state index contributed by atoms with van der Waals surface area (Å²) in [6, 6.07) is 0.